The maximum absolute atomic E-state index is 11.7. The summed E-state index contributed by atoms with van der Waals surface area (Å²) in [4.78, 5) is 11.7. The Balaban J connectivity index is 1.34. The maximum atomic E-state index is 11.7. The SMILES string of the molecule is CCOC(=O)/C=C/c1ccc(-c2ccc(OCc3ccccc3)c(C34CC5CC(CC(C5)C3)C4)c2)c(N)c1. The molecule has 0 aliphatic heterocycles. The molecule has 0 heterocycles. The van der Waals surface area contributed by atoms with Crippen LogP contribution < -0.4 is 10.5 Å². The second kappa shape index (κ2) is 10.3. The second-order valence-electron chi connectivity index (χ2n) is 11.6. The number of benzene rings is 3. The average molecular weight is 508 g/mol. The highest BCUT2D eigenvalue weighted by Gasteiger charge is 2.52. The van der Waals surface area contributed by atoms with E-state index in [1.807, 2.05) is 18.2 Å². The molecule has 4 saturated carbocycles. The number of anilines is 1. The largest absolute Gasteiger partial charge is 0.489 e. The van der Waals surface area contributed by atoms with Crippen molar-refractivity contribution in [1.29, 1.82) is 0 Å². The van der Waals surface area contributed by atoms with E-state index in [4.69, 9.17) is 15.2 Å². The molecule has 4 heteroatoms. The van der Waals surface area contributed by atoms with Gasteiger partial charge in [0.15, 0.2) is 0 Å². The number of nitrogens with two attached hydrogens (primary N) is 1. The predicted molar refractivity (Wildman–Crippen MR) is 153 cm³/mol. The first-order valence-electron chi connectivity index (χ1n) is 14.1. The van der Waals surface area contributed by atoms with E-state index in [1.54, 1.807) is 13.0 Å². The lowest BCUT2D eigenvalue weighted by molar-refractivity contribution is -0.137. The molecule has 7 rings (SSSR count). The Morgan fingerprint density at radius 1 is 0.947 bits per heavy atom. The summed E-state index contributed by atoms with van der Waals surface area (Å²) in [5, 5.41) is 0. The molecule has 4 bridgehead atoms. The Bertz CT molecular complexity index is 1310. The number of nitrogen functional groups attached to an aromatic ring is 1. The van der Waals surface area contributed by atoms with Gasteiger partial charge in [0.05, 0.1) is 6.61 Å². The molecular formula is C34H37NO3. The van der Waals surface area contributed by atoms with Crippen molar-refractivity contribution in [2.24, 2.45) is 17.8 Å². The zero-order chi connectivity index (χ0) is 26.1. The van der Waals surface area contributed by atoms with Gasteiger partial charge in [-0.25, -0.2) is 4.79 Å². The van der Waals surface area contributed by atoms with Gasteiger partial charge < -0.3 is 15.2 Å². The van der Waals surface area contributed by atoms with Crippen LogP contribution in [0.2, 0.25) is 0 Å². The van der Waals surface area contributed by atoms with Crippen molar-refractivity contribution in [3.05, 3.63) is 89.5 Å². The molecule has 38 heavy (non-hydrogen) atoms. The standard InChI is InChI=1S/C34H37NO3/c1-2-37-33(36)13-9-23-8-11-29(31(35)17-23)28-10-12-32(38-22-24-6-4-3-5-7-24)30(18-28)34-19-25-14-26(20-34)16-27(15-25)21-34/h3-13,17-18,25-27H,2,14-16,19-22,35H2,1H3/b13-9+. The van der Waals surface area contributed by atoms with Gasteiger partial charge in [0, 0.05) is 22.9 Å². The fourth-order valence-electron chi connectivity index (χ4n) is 7.72. The lowest BCUT2D eigenvalue weighted by atomic mass is 9.48. The normalized spacial score (nSPS) is 25.6. The van der Waals surface area contributed by atoms with Gasteiger partial charge in [-0.2, -0.15) is 0 Å². The highest BCUT2D eigenvalue weighted by atomic mass is 16.5. The monoisotopic (exact) mass is 507 g/mol. The van der Waals surface area contributed by atoms with Crippen LogP contribution in [-0.4, -0.2) is 12.6 Å². The third-order valence-corrected chi connectivity index (χ3v) is 8.91. The molecule has 0 atom stereocenters. The Morgan fingerprint density at radius 3 is 2.32 bits per heavy atom. The molecule has 2 N–H and O–H groups in total. The van der Waals surface area contributed by atoms with Crippen LogP contribution in [0.4, 0.5) is 5.69 Å². The summed E-state index contributed by atoms with van der Waals surface area (Å²) in [7, 11) is 0. The third-order valence-electron chi connectivity index (χ3n) is 8.91. The van der Waals surface area contributed by atoms with Crippen molar-refractivity contribution in [2.75, 3.05) is 12.3 Å². The van der Waals surface area contributed by atoms with Crippen LogP contribution in [0.15, 0.2) is 72.8 Å². The van der Waals surface area contributed by atoms with Gasteiger partial charge in [-0.1, -0.05) is 48.5 Å². The second-order valence-corrected chi connectivity index (χ2v) is 11.6. The molecule has 0 aromatic heterocycles. The van der Waals surface area contributed by atoms with Crippen LogP contribution in [0.1, 0.15) is 62.1 Å². The van der Waals surface area contributed by atoms with Crippen molar-refractivity contribution in [3.8, 4) is 16.9 Å². The molecule has 196 valence electrons. The fourth-order valence-corrected chi connectivity index (χ4v) is 7.72. The van der Waals surface area contributed by atoms with E-state index < -0.39 is 0 Å². The number of hydrogen-bond donors (Lipinski definition) is 1. The van der Waals surface area contributed by atoms with Crippen molar-refractivity contribution in [2.45, 2.75) is 57.5 Å². The maximum Gasteiger partial charge on any atom is 0.330 e. The van der Waals surface area contributed by atoms with E-state index in [0.717, 1.165) is 40.2 Å². The minimum atomic E-state index is -0.346. The van der Waals surface area contributed by atoms with Gasteiger partial charge in [-0.05, 0) is 110 Å². The van der Waals surface area contributed by atoms with Crippen molar-refractivity contribution in [1.82, 2.24) is 0 Å². The van der Waals surface area contributed by atoms with E-state index in [9.17, 15) is 4.79 Å². The number of rotatable bonds is 8. The molecular weight excluding hydrogens is 470 g/mol. The van der Waals surface area contributed by atoms with Gasteiger partial charge in [-0.15, -0.1) is 0 Å². The molecule has 0 amide bonds. The van der Waals surface area contributed by atoms with Crippen LogP contribution in [0.5, 0.6) is 5.75 Å². The van der Waals surface area contributed by atoms with E-state index >= 15 is 0 Å². The lowest BCUT2D eigenvalue weighted by Gasteiger charge is -2.57. The number of carbonyl (C=O) groups is 1. The molecule has 3 aromatic rings. The van der Waals surface area contributed by atoms with Gasteiger partial charge in [0.2, 0.25) is 0 Å². The molecule has 4 nitrogen and oxygen atoms in total. The summed E-state index contributed by atoms with van der Waals surface area (Å²) in [6, 6.07) is 23.1. The summed E-state index contributed by atoms with van der Waals surface area (Å²) in [5.41, 5.74) is 13.0. The van der Waals surface area contributed by atoms with Gasteiger partial charge in [0.25, 0.3) is 0 Å². The van der Waals surface area contributed by atoms with Crippen LogP contribution in [0.25, 0.3) is 17.2 Å². The first kappa shape index (κ1) is 24.8. The van der Waals surface area contributed by atoms with Crippen LogP contribution in [0.3, 0.4) is 0 Å². The first-order chi connectivity index (χ1) is 18.5. The van der Waals surface area contributed by atoms with E-state index in [0.29, 0.717) is 18.9 Å². The number of ether oxygens (including phenoxy) is 2. The molecule has 0 spiro atoms. The molecule has 4 aliphatic carbocycles. The highest BCUT2D eigenvalue weighted by molar-refractivity contribution is 5.88. The van der Waals surface area contributed by atoms with E-state index in [1.165, 1.54) is 55.7 Å². The Labute approximate surface area is 225 Å². The van der Waals surface area contributed by atoms with E-state index in [2.05, 4.69) is 48.5 Å². The minimum absolute atomic E-state index is 0.202. The lowest BCUT2D eigenvalue weighted by Crippen LogP contribution is -2.48. The quantitative estimate of drug-likeness (QED) is 0.194. The highest BCUT2D eigenvalue weighted by Crippen LogP contribution is 2.62. The summed E-state index contributed by atoms with van der Waals surface area (Å²) < 4.78 is 11.5. The number of hydrogen-bond acceptors (Lipinski definition) is 4. The van der Waals surface area contributed by atoms with Gasteiger partial charge in [-0.3, -0.25) is 0 Å². The Hall–Kier alpha value is -3.53. The van der Waals surface area contributed by atoms with Crippen LogP contribution in [-0.2, 0) is 21.6 Å². The smallest absolute Gasteiger partial charge is 0.330 e. The van der Waals surface area contributed by atoms with Crippen molar-refractivity contribution >= 4 is 17.7 Å². The summed E-state index contributed by atoms with van der Waals surface area (Å²) in [6.45, 7) is 2.73. The summed E-state index contributed by atoms with van der Waals surface area (Å²) >= 11 is 0. The molecule has 3 aromatic carbocycles. The zero-order valence-corrected chi connectivity index (χ0v) is 22.2. The fraction of sp³-hybridized carbons (Fsp3) is 0.382. The first-order valence-corrected chi connectivity index (χ1v) is 14.1. The van der Waals surface area contributed by atoms with Gasteiger partial charge in [0.1, 0.15) is 12.4 Å². The molecule has 4 fully saturated rings. The predicted octanol–water partition coefficient (Wildman–Crippen LogP) is 7.56. The van der Waals surface area contributed by atoms with Crippen LogP contribution in [0, 0.1) is 17.8 Å². The Kier molecular flexibility index (Phi) is 6.73. The molecule has 4 aliphatic rings. The van der Waals surface area contributed by atoms with Crippen molar-refractivity contribution < 1.29 is 14.3 Å². The van der Waals surface area contributed by atoms with Gasteiger partial charge >= 0.3 is 5.97 Å². The molecule has 0 unspecified atom stereocenters. The summed E-state index contributed by atoms with van der Waals surface area (Å²) in [6.07, 6.45) is 11.2. The molecule has 0 saturated heterocycles. The van der Waals surface area contributed by atoms with E-state index in [-0.39, 0.29) is 11.4 Å². The topological polar surface area (TPSA) is 61.5 Å². The van der Waals surface area contributed by atoms with Crippen LogP contribution >= 0.6 is 0 Å². The third kappa shape index (κ3) is 4.97. The number of esters is 1. The summed E-state index contributed by atoms with van der Waals surface area (Å²) in [5.74, 6) is 3.22. The molecule has 0 radical (unpaired) electrons. The minimum Gasteiger partial charge on any atom is -0.489 e. The Morgan fingerprint density at radius 2 is 1.66 bits per heavy atom. The van der Waals surface area contributed by atoms with Crippen molar-refractivity contribution in [3.63, 3.8) is 0 Å². The number of carbonyl (C=O) groups excluding carboxylic acids is 1. The average Bonchev–Trinajstić information content (AvgIpc) is 2.91. The zero-order valence-electron chi connectivity index (χ0n) is 22.2.